The van der Waals surface area contributed by atoms with Crippen molar-refractivity contribution in [2.45, 2.75) is 39.4 Å². The lowest BCUT2D eigenvalue weighted by Crippen LogP contribution is -2.44. The highest BCUT2D eigenvalue weighted by molar-refractivity contribution is 14.0. The standard InChI is InChI=1S/C18H30N4O3.HI/c1-14(24-15-9-7-6-8-10-15)13-22-16(19-5)20-11-12-21-17(23)25-18(2,3)4;/h6-10,14H,11-13H2,1-5H3,(H,21,23)(H2,19,20,22);1H. The van der Waals surface area contributed by atoms with Gasteiger partial charge in [0.1, 0.15) is 17.5 Å². The number of para-hydroxylation sites is 1. The van der Waals surface area contributed by atoms with Crippen LogP contribution in [-0.2, 0) is 4.74 Å². The molecule has 0 bridgehead atoms. The average molecular weight is 478 g/mol. The molecule has 1 aromatic carbocycles. The maximum atomic E-state index is 11.5. The van der Waals surface area contributed by atoms with E-state index < -0.39 is 11.7 Å². The van der Waals surface area contributed by atoms with Crippen LogP contribution in [0.2, 0.25) is 0 Å². The van der Waals surface area contributed by atoms with Crippen LogP contribution in [0, 0.1) is 0 Å². The second-order valence-corrected chi connectivity index (χ2v) is 6.55. The number of hydrogen-bond acceptors (Lipinski definition) is 4. The molecule has 0 aliphatic rings. The second-order valence-electron chi connectivity index (χ2n) is 6.55. The molecule has 0 fully saturated rings. The minimum Gasteiger partial charge on any atom is -0.489 e. The van der Waals surface area contributed by atoms with E-state index in [0.29, 0.717) is 25.6 Å². The van der Waals surface area contributed by atoms with Gasteiger partial charge in [0, 0.05) is 20.1 Å². The molecule has 3 N–H and O–H groups in total. The zero-order chi connectivity index (χ0) is 18.7. The van der Waals surface area contributed by atoms with Gasteiger partial charge in [0.15, 0.2) is 5.96 Å². The summed E-state index contributed by atoms with van der Waals surface area (Å²) in [5, 5.41) is 8.99. The summed E-state index contributed by atoms with van der Waals surface area (Å²) in [6, 6.07) is 9.67. The van der Waals surface area contributed by atoms with Crippen molar-refractivity contribution in [1.82, 2.24) is 16.0 Å². The molecule has 26 heavy (non-hydrogen) atoms. The summed E-state index contributed by atoms with van der Waals surface area (Å²) in [5.41, 5.74) is -0.496. The van der Waals surface area contributed by atoms with Crippen molar-refractivity contribution in [2.24, 2.45) is 4.99 Å². The Morgan fingerprint density at radius 3 is 2.31 bits per heavy atom. The molecule has 0 saturated heterocycles. The fraction of sp³-hybridized carbons (Fsp3) is 0.556. The predicted octanol–water partition coefficient (Wildman–Crippen LogP) is 2.76. The molecule has 0 aliphatic heterocycles. The Bertz CT molecular complexity index is 547. The van der Waals surface area contributed by atoms with Gasteiger partial charge in [-0.3, -0.25) is 4.99 Å². The molecule has 0 radical (unpaired) electrons. The topological polar surface area (TPSA) is 84.0 Å². The summed E-state index contributed by atoms with van der Waals surface area (Å²) in [5.74, 6) is 1.48. The maximum absolute atomic E-state index is 11.5. The average Bonchev–Trinajstić information content (AvgIpc) is 2.53. The highest BCUT2D eigenvalue weighted by atomic mass is 127. The Kier molecular flexibility index (Phi) is 11.8. The van der Waals surface area contributed by atoms with E-state index in [1.165, 1.54) is 0 Å². The molecule has 7 nitrogen and oxygen atoms in total. The van der Waals surface area contributed by atoms with E-state index in [1.54, 1.807) is 7.05 Å². The van der Waals surface area contributed by atoms with E-state index in [2.05, 4.69) is 20.9 Å². The zero-order valence-electron chi connectivity index (χ0n) is 16.2. The SMILES string of the molecule is CN=C(NCCNC(=O)OC(C)(C)C)NCC(C)Oc1ccccc1.I. The minimum absolute atomic E-state index is 0. The van der Waals surface area contributed by atoms with E-state index in [4.69, 9.17) is 9.47 Å². The first-order valence-corrected chi connectivity index (χ1v) is 8.43. The number of carbonyl (C=O) groups excluding carboxylic acids is 1. The number of nitrogens with zero attached hydrogens (tertiary/aromatic N) is 1. The summed E-state index contributed by atoms with van der Waals surface area (Å²) in [6.07, 6.45) is -0.442. The van der Waals surface area contributed by atoms with Gasteiger partial charge in [-0.25, -0.2) is 4.79 Å². The third-order valence-corrected chi connectivity index (χ3v) is 2.95. The number of ether oxygens (including phenoxy) is 2. The van der Waals surface area contributed by atoms with Crippen LogP contribution >= 0.6 is 24.0 Å². The van der Waals surface area contributed by atoms with Crippen LogP contribution in [0.15, 0.2) is 35.3 Å². The Morgan fingerprint density at radius 1 is 1.12 bits per heavy atom. The zero-order valence-corrected chi connectivity index (χ0v) is 18.5. The number of rotatable bonds is 7. The van der Waals surface area contributed by atoms with Gasteiger partial charge in [-0.1, -0.05) is 18.2 Å². The normalized spacial score (nSPS) is 12.4. The lowest BCUT2D eigenvalue weighted by atomic mass is 10.2. The highest BCUT2D eigenvalue weighted by Gasteiger charge is 2.15. The summed E-state index contributed by atoms with van der Waals surface area (Å²) in [4.78, 5) is 15.7. The van der Waals surface area contributed by atoms with E-state index in [9.17, 15) is 4.79 Å². The number of aliphatic imine (C=N–C) groups is 1. The molecule has 0 heterocycles. The molecule has 8 heteroatoms. The van der Waals surface area contributed by atoms with Crippen molar-refractivity contribution in [2.75, 3.05) is 26.7 Å². The Balaban J connectivity index is 0.00000625. The highest BCUT2D eigenvalue weighted by Crippen LogP contribution is 2.10. The number of amides is 1. The first-order chi connectivity index (χ1) is 11.8. The third-order valence-electron chi connectivity index (χ3n) is 2.95. The maximum Gasteiger partial charge on any atom is 0.407 e. The van der Waals surface area contributed by atoms with Gasteiger partial charge in [-0.05, 0) is 39.8 Å². The van der Waals surface area contributed by atoms with Crippen LogP contribution in [0.3, 0.4) is 0 Å². The van der Waals surface area contributed by atoms with E-state index >= 15 is 0 Å². The molecule has 1 unspecified atom stereocenters. The van der Waals surface area contributed by atoms with Gasteiger partial charge in [-0.15, -0.1) is 24.0 Å². The van der Waals surface area contributed by atoms with Crippen molar-refractivity contribution in [3.8, 4) is 5.75 Å². The predicted molar refractivity (Wildman–Crippen MR) is 116 cm³/mol. The number of nitrogens with one attached hydrogen (secondary N) is 3. The van der Waals surface area contributed by atoms with Gasteiger partial charge < -0.3 is 25.4 Å². The monoisotopic (exact) mass is 478 g/mol. The van der Waals surface area contributed by atoms with Crippen molar-refractivity contribution < 1.29 is 14.3 Å². The smallest absolute Gasteiger partial charge is 0.407 e. The molecule has 148 valence electrons. The molecule has 0 spiro atoms. The van der Waals surface area contributed by atoms with Crippen LogP contribution in [0.4, 0.5) is 4.79 Å². The number of hydrogen-bond donors (Lipinski definition) is 3. The first kappa shape index (κ1) is 24.3. The van der Waals surface area contributed by atoms with Crippen LogP contribution in [0.25, 0.3) is 0 Å². The van der Waals surface area contributed by atoms with Crippen molar-refractivity contribution in [3.63, 3.8) is 0 Å². The Labute approximate surface area is 173 Å². The summed E-state index contributed by atoms with van der Waals surface area (Å²) in [6.45, 7) is 9.05. The van der Waals surface area contributed by atoms with Crippen molar-refractivity contribution >= 4 is 36.0 Å². The van der Waals surface area contributed by atoms with Crippen LogP contribution in [0.5, 0.6) is 5.75 Å². The van der Waals surface area contributed by atoms with Crippen LogP contribution in [-0.4, -0.2) is 50.4 Å². The van der Waals surface area contributed by atoms with E-state index in [-0.39, 0.29) is 30.1 Å². The molecule has 0 aromatic heterocycles. The molecule has 1 atom stereocenters. The lowest BCUT2D eigenvalue weighted by Gasteiger charge is -2.20. The van der Waals surface area contributed by atoms with Gasteiger partial charge in [0.25, 0.3) is 0 Å². The van der Waals surface area contributed by atoms with Gasteiger partial charge >= 0.3 is 6.09 Å². The number of halogens is 1. The molecule has 0 saturated carbocycles. The third kappa shape index (κ3) is 11.8. The van der Waals surface area contributed by atoms with Crippen molar-refractivity contribution in [1.29, 1.82) is 0 Å². The molecule has 1 amide bonds. The number of alkyl carbamates (subject to hydrolysis) is 1. The lowest BCUT2D eigenvalue weighted by molar-refractivity contribution is 0.0529. The number of guanidine groups is 1. The minimum atomic E-state index is -0.496. The Morgan fingerprint density at radius 2 is 1.73 bits per heavy atom. The Hall–Kier alpha value is -1.71. The molecular formula is C18H31IN4O3. The molecule has 0 aliphatic carbocycles. The second kappa shape index (κ2) is 12.6. The van der Waals surface area contributed by atoms with Crippen LogP contribution in [0.1, 0.15) is 27.7 Å². The fourth-order valence-electron chi connectivity index (χ4n) is 1.89. The molecule has 1 aromatic rings. The molecule has 1 rings (SSSR count). The summed E-state index contributed by atoms with van der Waals surface area (Å²) >= 11 is 0. The van der Waals surface area contributed by atoms with Crippen LogP contribution < -0.4 is 20.7 Å². The molecular weight excluding hydrogens is 447 g/mol. The van der Waals surface area contributed by atoms with E-state index in [1.807, 2.05) is 58.0 Å². The van der Waals surface area contributed by atoms with E-state index in [0.717, 1.165) is 5.75 Å². The van der Waals surface area contributed by atoms with Gasteiger partial charge in [0.05, 0.1) is 6.54 Å². The number of carbonyl (C=O) groups is 1. The number of benzene rings is 1. The largest absolute Gasteiger partial charge is 0.489 e. The van der Waals surface area contributed by atoms with Gasteiger partial charge in [0.2, 0.25) is 0 Å². The quantitative estimate of drug-likeness (QED) is 0.243. The summed E-state index contributed by atoms with van der Waals surface area (Å²) in [7, 11) is 1.69. The summed E-state index contributed by atoms with van der Waals surface area (Å²) < 4.78 is 11.0. The fourth-order valence-corrected chi connectivity index (χ4v) is 1.89. The van der Waals surface area contributed by atoms with Gasteiger partial charge in [-0.2, -0.15) is 0 Å². The first-order valence-electron chi connectivity index (χ1n) is 8.43. The van der Waals surface area contributed by atoms with Crippen molar-refractivity contribution in [3.05, 3.63) is 30.3 Å².